The molecule has 1 saturated heterocycles. The minimum absolute atomic E-state index is 0.0216. The molecular weight excluding hydrogens is 279 g/mol. The minimum atomic E-state index is -3.58. The number of hydrogen-bond acceptors (Lipinski definition) is 3. The normalized spacial score (nSPS) is 18.9. The molecule has 4 nitrogen and oxygen atoms in total. The van der Waals surface area contributed by atoms with Crippen molar-refractivity contribution in [3.8, 4) is 0 Å². The summed E-state index contributed by atoms with van der Waals surface area (Å²) in [6.07, 6.45) is 1.88. The average Bonchev–Trinajstić information content (AvgIpc) is 2.37. The summed E-state index contributed by atoms with van der Waals surface area (Å²) in [6.45, 7) is 5.92. The molecule has 1 aromatic carbocycles. The molecule has 0 bridgehead atoms. The van der Waals surface area contributed by atoms with Gasteiger partial charge in [0.25, 0.3) is 0 Å². The van der Waals surface area contributed by atoms with E-state index in [1.165, 1.54) is 18.2 Å². The molecule has 2 N–H and O–H groups in total. The summed E-state index contributed by atoms with van der Waals surface area (Å²) < 4.78 is 40.3. The summed E-state index contributed by atoms with van der Waals surface area (Å²) in [5.74, 6) is -0.424. The van der Waals surface area contributed by atoms with E-state index < -0.39 is 15.8 Å². The predicted molar refractivity (Wildman–Crippen MR) is 76.5 cm³/mol. The van der Waals surface area contributed by atoms with Crippen LogP contribution in [-0.4, -0.2) is 28.1 Å². The molecule has 0 aromatic heterocycles. The molecule has 0 radical (unpaired) electrons. The second-order valence-corrected chi connectivity index (χ2v) is 7.53. The van der Waals surface area contributed by atoms with Gasteiger partial charge >= 0.3 is 0 Å². The van der Waals surface area contributed by atoms with Gasteiger partial charge in [-0.25, -0.2) is 17.5 Å². The Labute approximate surface area is 119 Å². The first-order chi connectivity index (χ1) is 9.32. The molecule has 1 aromatic rings. The molecule has 112 valence electrons. The van der Waals surface area contributed by atoms with Crippen molar-refractivity contribution in [2.24, 2.45) is 5.41 Å². The smallest absolute Gasteiger partial charge is 0.240 e. The van der Waals surface area contributed by atoms with E-state index in [4.69, 9.17) is 0 Å². The topological polar surface area (TPSA) is 58.2 Å². The third kappa shape index (κ3) is 3.56. The lowest BCUT2D eigenvalue weighted by Crippen LogP contribution is -2.42. The third-order valence-electron chi connectivity index (χ3n) is 3.93. The van der Waals surface area contributed by atoms with Gasteiger partial charge in [-0.3, -0.25) is 0 Å². The average molecular weight is 300 g/mol. The highest BCUT2D eigenvalue weighted by Gasteiger charge is 2.29. The molecule has 1 aliphatic heterocycles. The van der Waals surface area contributed by atoms with Crippen LogP contribution in [0.4, 0.5) is 4.39 Å². The molecule has 6 heteroatoms. The Hall–Kier alpha value is -0.980. The zero-order valence-corrected chi connectivity index (χ0v) is 12.7. The lowest BCUT2D eigenvalue weighted by molar-refractivity contribution is 0.232. The Morgan fingerprint density at radius 3 is 2.60 bits per heavy atom. The maximum absolute atomic E-state index is 13.1. The fraction of sp³-hybridized carbons (Fsp3) is 0.571. The van der Waals surface area contributed by atoms with Gasteiger partial charge in [-0.05, 0) is 62.0 Å². The van der Waals surface area contributed by atoms with Crippen LogP contribution in [0, 0.1) is 18.2 Å². The molecule has 1 aliphatic rings. The van der Waals surface area contributed by atoms with Gasteiger partial charge in [-0.15, -0.1) is 0 Å². The second kappa shape index (κ2) is 5.79. The molecule has 2 rings (SSSR count). The van der Waals surface area contributed by atoms with E-state index in [9.17, 15) is 12.8 Å². The van der Waals surface area contributed by atoms with Crippen LogP contribution >= 0.6 is 0 Å². The van der Waals surface area contributed by atoms with Crippen LogP contribution in [0.15, 0.2) is 23.1 Å². The highest BCUT2D eigenvalue weighted by atomic mass is 32.2. The van der Waals surface area contributed by atoms with Crippen LogP contribution < -0.4 is 10.0 Å². The van der Waals surface area contributed by atoms with Crippen LogP contribution in [-0.2, 0) is 10.0 Å². The number of benzene rings is 1. The first kappa shape index (κ1) is 15.4. The zero-order valence-electron chi connectivity index (χ0n) is 11.9. The van der Waals surface area contributed by atoms with E-state index in [0.717, 1.165) is 25.9 Å². The highest BCUT2D eigenvalue weighted by Crippen LogP contribution is 2.27. The Balaban J connectivity index is 2.11. The van der Waals surface area contributed by atoms with Crippen LogP contribution in [0.2, 0.25) is 0 Å². The van der Waals surface area contributed by atoms with Gasteiger partial charge in [0.1, 0.15) is 5.82 Å². The standard InChI is InChI=1S/C14H21FN2O2S/c1-11-9-12(15)3-4-13(11)20(18,19)17-10-14(2)5-7-16-8-6-14/h3-4,9,16-17H,5-8,10H2,1-2H3. The lowest BCUT2D eigenvalue weighted by atomic mass is 9.81. The Bertz CT molecular complexity index is 581. The van der Waals surface area contributed by atoms with Crippen molar-refractivity contribution in [3.05, 3.63) is 29.6 Å². The molecule has 0 spiro atoms. The predicted octanol–water partition coefficient (Wildman–Crippen LogP) is 1.80. The zero-order chi connectivity index (χ0) is 14.8. The molecule has 20 heavy (non-hydrogen) atoms. The van der Waals surface area contributed by atoms with Gasteiger partial charge in [0.05, 0.1) is 4.90 Å². The summed E-state index contributed by atoms with van der Waals surface area (Å²) in [7, 11) is -3.58. The largest absolute Gasteiger partial charge is 0.317 e. The van der Waals surface area contributed by atoms with Crippen LogP contribution in [0.25, 0.3) is 0 Å². The van der Waals surface area contributed by atoms with E-state index in [0.29, 0.717) is 12.1 Å². The number of sulfonamides is 1. The van der Waals surface area contributed by atoms with E-state index in [-0.39, 0.29) is 10.3 Å². The maximum atomic E-state index is 13.1. The van der Waals surface area contributed by atoms with E-state index in [1.807, 2.05) is 0 Å². The SMILES string of the molecule is Cc1cc(F)ccc1S(=O)(=O)NCC1(C)CCNCC1. The van der Waals surface area contributed by atoms with Crippen LogP contribution in [0.5, 0.6) is 0 Å². The summed E-state index contributed by atoms with van der Waals surface area (Å²) >= 11 is 0. The Kier molecular flexibility index (Phi) is 4.46. The minimum Gasteiger partial charge on any atom is -0.317 e. The maximum Gasteiger partial charge on any atom is 0.240 e. The summed E-state index contributed by atoms with van der Waals surface area (Å²) in [6, 6.07) is 3.73. The summed E-state index contributed by atoms with van der Waals surface area (Å²) in [5, 5.41) is 3.27. The first-order valence-electron chi connectivity index (χ1n) is 6.79. The number of piperidine rings is 1. The molecule has 0 saturated carbocycles. The Morgan fingerprint density at radius 2 is 2.00 bits per heavy atom. The van der Waals surface area contributed by atoms with E-state index in [2.05, 4.69) is 17.0 Å². The van der Waals surface area contributed by atoms with Crippen molar-refractivity contribution in [1.29, 1.82) is 0 Å². The van der Waals surface area contributed by atoms with Crippen molar-refractivity contribution in [1.82, 2.24) is 10.0 Å². The van der Waals surface area contributed by atoms with E-state index >= 15 is 0 Å². The van der Waals surface area contributed by atoms with Gasteiger partial charge in [-0.1, -0.05) is 6.92 Å². The number of nitrogens with one attached hydrogen (secondary N) is 2. The number of halogens is 1. The molecule has 1 heterocycles. The molecule has 0 atom stereocenters. The van der Waals surface area contributed by atoms with Gasteiger partial charge in [0, 0.05) is 6.54 Å². The van der Waals surface area contributed by atoms with Crippen LogP contribution in [0.1, 0.15) is 25.3 Å². The quantitative estimate of drug-likeness (QED) is 0.891. The monoisotopic (exact) mass is 300 g/mol. The number of hydrogen-bond donors (Lipinski definition) is 2. The lowest BCUT2D eigenvalue weighted by Gasteiger charge is -2.34. The van der Waals surface area contributed by atoms with Crippen molar-refractivity contribution in [2.75, 3.05) is 19.6 Å². The summed E-state index contributed by atoms with van der Waals surface area (Å²) in [5.41, 5.74) is 0.402. The van der Waals surface area contributed by atoms with Crippen molar-refractivity contribution in [3.63, 3.8) is 0 Å². The fourth-order valence-electron chi connectivity index (χ4n) is 2.47. The van der Waals surface area contributed by atoms with Crippen molar-refractivity contribution < 1.29 is 12.8 Å². The van der Waals surface area contributed by atoms with Crippen LogP contribution in [0.3, 0.4) is 0 Å². The number of rotatable bonds is 4. The first-order valence-corrected chi connectivity index (χ1v) is 8.27. The number of aryl methyl sites for hydroxylation is 1. The molecule has 1 fully saturated rings. The van der Waals surface area contributed by atoms with E-state index in [1.54, 1.807) is 6.92 Å². The molecule has 0 amide bonds. The Morgan fingerprint density at radius 1 is 1.35 bits per heavy atom. The van der Waals surface area contributed by atoms with Gasteiger partial charge < -0.3 is 5.32 Å². The summed E-state index contributed by atoms with van der Waals surface area (Å²) in [4.78, 5) is 0.149. The third-order valence-corrected chi connectivity index (χ3v) is 5.49. The molecular formula is C14H21FN2O2S. The fourth-order valence-corrected chi connectivity index (χ4v) is 3.89. The van der Waals surface area contributed by atoms with Gasteiger partial charge in [0.15, 0.2) is 0 Å². The molecule has 0 aliphatic carbocycles. The highest BCUT2D eigenvalue weighted by molar-refractivity contribution is 7.89. The second-order valence-electron chi connectivity index (χ2n) is 5.80. The van der Waals surface area contributed by atoms with Gasteiger partial charge in [0.2, 0.25) is 10.0 Å². The van der Waals surface area contributed by atoms with Gasteiger partial charge in [-0.2, -0.15) is 0 Å². The molecule has 0 unspecified atom stereocenters. The van der Waals surface area contributed by atoms with Crippen molar-refractivity contribution in [2.45, 2.75) is 31.6 Å². The van der Waals surface area contributed by atoms with Crippen molar-refractivity contribution >= 4 is 10.0 Å².